The number of nitrogens with one attached hydrogen (secondary N) is 2. The number of halogens is 1. The van der Waals surface area contributed by atoms with Crippen LogP contribution in [0.5, 0.6) is 0 Å². The van der Waals surface area contributed by atoms with Crippen LogP contribution >= 0.6 is 12.4 Å². The summed E-state index contributed by atoms with van der Waals surface area (Å²) in [4.78, 5) is 19.3. The van der Waals surface area contributed by atoms with Crippen LogP contribution in [0.15, 0.2) is 48.5 Å². The summed E-state index contributed by atoms with van der Waals surface area (Å²) in [7, 11) is 3.98. The molecule has 0 aliphatic heterocycles. The maximum atomic E-state index is 12.4. The van der Waals surface area contributed by atoms with Crippen molar-refractivity contribution in [2.75, 3.05) is 37.4 Å². The Morgan fingerprint density at radius 2 is 1.73 bits per heavy atom. The molecule has 158 valence electrons. The fourth-order valence-electron chi connectivity index (χ4n) is 3.95. The third kappa shape index (κ3) is 4.68. The van der Waals surface area contributed by atoms with E-state index in [4.69, 9.17) is 4.98 Å². The van der Waals surface area contributed by atoms with Crippen LogP contribution in [0.2, 0.25) is 0 Å². The lowest BCUT2D eigenvalue weighted by Gasteiger charge is -2.21. The van der Waals surface area contributed by atoms with Crippen molar-refractivity contribution in [1.29, 1.82) is 0 Å². The minimum absolute atomic E-state index is 0. The Hall–Kier alpha value is -2.79. The largest absolute Gasteiger partial charge is 0.382 e. The number of rotatable bonds is 6. The second-order valence-corrected chi connectivity index (χ2v) is 7.76. The number of carbonyl (C=O) groups is 1. The van der Waals surface area contributed by atoms with E-state index in [-0.39, 0.29) is 18.3 Å². The Labute approximate surface area is 184 Å². The molecule has 4 rings (SSSR count). The van der Waals surface area contributed by atoms with E-state index in [1.165, 1.54) is 35.2 Å². The number of hydrogen-bond acceptors (Lipinski definition) is 4. The number of pyridine rings is 1. The molecule has 1 aromatic heterocycles. The minimum Gasteiger partial charge on any atom is -0.382 e. The van der Waals surface area contributed by atoms with E-state index in [0.29, 0.717) is 18.7 Å². The maximum absolute atomic E-state index is 12.4. The number of aromatic nitrogens is 1. The van der Waals surface area contributed by atoms with Gasteiger partial charge < -0.3 is 15.5 Å². The maximum Gasteiger partial charge on any atom is 0.251 e. The zero-order valence-electron chi connectivity index (χ0n) is 17.6. The molecule has 5 nitrogen and oxygen atoms in total. The van der Waals surface area contributed by atoms with Gasteiger partial charge in [0.25, 0.3) is 5.91 Å². The van der Waals surface area contributed by atoms with Crippen molar-refractivity contribution in [3.63, 3.8) is 0 Å². The van der Waals surface area contributed by atoms with Crippen LogP contribution in [0.1, 0.15) is 34.5 Å². The van der Waals surface area contributed by atoms with Gasteiger partial charge in [-0.05, 0) is 61.6 Å². The molecule has 0 fully saturated rings. The summed E-state index contributed by atoms with van der Waals surface area (Å²) in [6.45, 7) is 1.25. The topological polar surface area (TPSA) is 57.3 Å². The van der Waals surface area contributed by atoms with Gasteiger partial charge in [0.15, 0.2) is 0 Å². The first-order chi connectivity index (χ1) is 14.1. The van der Waals surface area contributed by atoms with Crippen molar-refractivity contribution in [1.82, 2.24) is 10.3 Å². The Morgan fingerprint density at radius 3 is 2.50 bits per heavy atom. The smallest absolute Gasteiger partial charge is 0.251 e. The molecular weight excluding hydrogens is 396 g/mol. The zero-order chi connectivity index (χ0) is 20.2. The summed E-state index contributed by atoms with van der Waals surface area (Å²) in [6, 6.07) is 16.0. The summed E-state index contributed by atoms with van der Waals surface area (Å²) in [6.07, 6.45) is 4.54. The average Bonchev–Trinajstić information content (AvgIpc) is 2.75. The fourth-order valence-corrected chi connectivity index (χ4v) is 3.95. The van der Waals surface area contributed by atoms with Gasteiger partial charge in [0.05, 0.1) is 5.52 Å². The Morgan fingerprint density at radius 1 is 1.00 bits per heavy atom. The third-order valence-electron chi connectivity index (χ3n) is 5.53. The van der Waals surface area contributed by atoms with Crippen molar-refractivity contribution in [3.8, 4) is 0 Å². The van der Waals surface area contributed by atoms with Gasteiger partial charge in [0.1, 0.15) is 0 Å². The Balaban J connectivity index is 0.00000256. The molecule has 2 aromatic carbocycles. The van der Waals surface area contributed by atoms with Gasteiger partial charge in [-0.25, -0.2) is 0 Å². The number of benzene rings is 2. The molecule has 2 N–H and O–H groups in total. The van der Waals surface area contributed by atoms with Crippen molar-refractivity contribution < 1.29 is 4.79 Å². The Kier molecular flexibility index (Phi) is 7.16. The van der Waals surface area contributed by atoms with Gasteiger partial charge in [-0.15, -0.1) is 12.4 Å². The lowest BCUT2D eigenvalue weighted by Crippen LogP contribution is -2.29. The van der Waals surface area contributed by atoms with E-state index in [1.807, 2.05) is 49.3 Å². The van der Waals surface area contributed by atoms with Crippen LogP contribution in [0.25, 0.3) is 10.9 Å². The molecule has 0 atom stereocenters. The molecule has 1 heterocycles. The summed E-state index contributed by atoms with van der Waals surface area (Å²) in [5.41, 5.74) is 6.57. The van der Waals surface area contributed by atoms with Gasteiger partial charge in [-0.1, -0.05) is 18.2 Å². The molecule has 0 bridgehead atoms. The molecule has 0 saturated carbocycles. The molecule has 0 spiro atoms. The summed E-state index contributed by atoms with van der Waals surface area (Å²) in [5, 5.41) is 7.77. The normalized spacial score (nSPS) is 12.6. The molecule has 6 heteroatoms. The number of aryl methyl sites for hydroxylation is 1. The first-order valence-electron chi connectivity index (χ1n) is 10.3. The molecule has 1 amide bonds. The fraction of sp³-hybridized carbons (Fsp3) is 0.333. The lowest BCUT2D eigenvalue weighted by molar-refractivity contribution is 0.0955. The third-order valence-corrected chi connectivity index (χ3v) is 5.53. The highest BCUT2D eigenvalue weighted by Gasteiger charge is 2.17. The second kappa shape index (κ2) is 9.81. The summed E-state index contributed by atoms with van der Waals surface area (Å²) < 4.78 is 0. The van der Waals surface area contributed by atoms with Gasteiger partial charge in [0, 0.05) is 55.2 Å². The van der Waals surface area contributed by atoms with E-state index in [1.54, 1.807) is 0 Å². The van der Waals surface area contributed by atoms with E-state index in [2.05, 4.69) is 28.8 Å². The van der Waals surface area contributed by atoms with Crippen LogP contribution in [0, 0.1) is 0 Å². The predicted octanol–water partition coefficient (Wildman–Crippen LogP) is 4.44. The van der Waals surface area contributed by atoms with Gasteiger partial charge in [-0.3, -0.25) is 9.78 Å². The van der Waals surface area contributed by atoms with Crippen LogP contribution in [0.4, 0.5) is 11.4 Å². The molecule has 30 heavy (non-hydrogen) atoms. The highest BCUT2D eigenvalue weighted by Crippen LogP contribution is 2.33. The summed E-state index contributed by atoms with van der Waals surface area (Å²) >= 11 is 0. The van der Waals surface area contributed by atoms with Crippen LogP contribution in [0.3, 0.4) is 0 Å². The SMILES string of the molecule is CN(C)c1ccc(C(=O)NCCNc2c3c(nc4ccccc24)CCCC3)cc1.Cl. The van der Waals surface area contributed by atoms with Crippen molar-refractivity contribution in [2.24, 2.45) is 0 Å². The summed E-state index contributed by atoms with van der Waals surface area (Å²) in [5.74, 6) is -0.0429. The van der Waals surface area contributed by atoms with Gasteiger partial charge >= 0.3 is 0 Å². The minimum atomic E-state index is -0.0429. The molecule has 0 unspecified atom stereocenters. The number of anilines is 2. The highest BCUT2D eigenvalue weighted by molar-refractivity contribution is 5.95. The van der Waals surface area contributed by atoms with E-state index >= 15 is 0 Å². The lowest BCUT2D eigenvalue weighted by atomic mass is 9.92. The van der Waals surface area contributed by atoms with E-state index < -0.39 is 0 Å². The molecule has 0 saturated heterocycles. The molecule has 1 aliphatic rings. The van der Waals surface area contributed by atoms with Crippen LogP contribution in [-0.2, 0) is 12.8 Å². The highest BCUT2D eigenvalue weighted by atomic mass is 35.5. The first-order valence-corrected chi connectivity index (χ1v) is 10.3. The number of hydrogen-bond donors (Lipinski definition) is 2. The van der Waals surface area contributed by atoms with E-state index in [9.17, 15) is 4.79 Å². The first kappa shape index (κ1) is 21.9. The van der Waals surface area contributed by atoms with Gasteiger partial charge in [0.2, 0.25) is 0 Å². The number of nitrogens with zero attached hydrogens (tertiary/aromatic N) is 2. The molecule has 3 aromatic rings. The second-order valence-electron chi connectivity index (χ2n) is 7.76. The zero-order valence-corrected chi connectivity index (χ0v) is 18.4. The quantitative estimate of drug-likeness (QED) is 0.574. The van der Waals surface area contributed by atoms with Crippen LogP contribution in [-0.4, -0.2) is 38.1 Å². The number of carbonyl (C=O) groups excluding carboxylic acids is 1. The van der Waals surface area contributed by atoms with Crippen molar-refractivity contribution >= 4 is 40.6 Å². The number of fused-ring (bicyclic) bond motifs is 2. The Bertz CT molecular complexity index is 1020. The van der Waals surface area contributed by atoms with Crippen LogP contribution < -0.4 is 15.5 Å². The standard InChI is InChI=1S/C24H28N4O.ClH/c1-28(2)18-13-11-17(12-14-18)24(29)26-16-15-25-23-19-7-3-5-9-21(19)27-22-10-6-4-8-20(22)23;/h3,5,7,9,11-14H,4,6,8,10,15-16H2,1-2H3,(H,25,27)(H,26,29);1H. The number of para-hydroxylation sites is 1. The molecule has 1 aliphatic carbocycles. The molecule has 0 radical (unpaired) electrons. The van der Waals surface area contributed by atoms with E-state index in [0.717, 1.165) is 24.0 Å². The number of amides is 1. The average molecular weight is 425 g/mol. The van der Waals surface area contributed by atoms with Crippen molar-refractivity contribution in [3.05, 3.63) is 65.4 Å². The van der Waals surface area contributed by atoms with Crippen molar-refractivity contribution in [2.45, 2.75) is 25.7 Å². The monoisotopic (exact) mass is 424 g/mol. The molecular formula is C24H29ClN4O. The van der Waals surface area contributed by atoms with Gasteiger partial charge in [-0.2, -0.15) is 0 Å². The predicted molar refractivity (Wildman–Crippen MR) is 127 cm³/mol.